The Morgan fingerprint density at radius 3 is 2.06 bits per heavy atom. The van der Waals surface area contributed by atoms with E-state index < -0.39 is 11.9 Å². The molecule has 0 heterocycles. The number of hydrogen-bond donors (Lipinski definition) is 4. The fraction of sp³-hybridized carbons (Fsp3) is 0.0870. The van der Waals surface area contributed by atoms with Gasteiger partial charge in [-0.1, -0.05) is 17.7 Å². The Morgan fingerprint density at radius 1 is 0.848 bits per heavy atom. The van der Waals surface area contributed by atoms with Gasteiger partial charge in [-0.3, -0.25) is 4.79 Å². The van der Waals surface area contributed by atoms with E-state index in [2.05, 4.69) is 16.0 Å². The minimum Gasteiger partial charge on any atom is -0.495 e. The van der Waals surface area contributed by atoms with Crippen molar-refractivity contribution in [2.24, 2.45) is 0 Å². The molecule has 0 aliphatic heterocycles. The second-order valence-corrected chi connectivity index (χ2v) is 7.50. The van der Waals surface area contributed by atoms with Crippen molar-refractivity contribution in [3.63, 3.8) is 0 Å². The lowest BCUT2D eigenvalue weighted by atomic mass is 10.1. The van der Waals surface area contributed by atoms with Crippen molar-refractivity contribution in [2.45, 2.75) is 0 Å². The zero-order valence-electron chi connectivity index (χ0n) is 17.6. The molecule has 0 saturated heterocycles. The maximum Gasteiger partial charge on any atom is 0.335 e. The SMILES string of the molecule is COc1cc(OC)c(NC(=S)Nc2ccc(NC(=O)c3cccc(C(=O)O)c3)cc2)cc1Cl. The number of aromatic carboxylic acids is 1. The number of benzene rings is 3. The number of halogens is 1. The maximum atomic E-state index is 12.4. The molecule has 8 nitrogen and oxygen atoms in total. The first-order valence-corrected chi connectivity index (χ1v) is 10.3. The molecule has 33 heavy (non-hydrogen) atoms. The molecule has 3 aromatic carbocycles. The molecule has 4 N–H and O–H groups in total. The van der Waals surface area contributed by atoms with E-state index in [0.717, 1.165) is 0 Å². The number of carboxylic acid groups (broad SMARTS) is 1. The second kappa shape index (κ2) is 10.7. The van der Waals surface area contributed by atoms with Gasteiger partial charge in [-0.25, -0.2) is 4.79 Å². The number of thiocarbonyl (C=S) groups is 1. The molecule has 0 fully saturated rings. The third-order valence-corrected chi connectivity index (χ3v) is 4.99. The lowest BCUT2D eigenvalue weighted by Crippen LogP contribution is -2.19. The van der Waals surface area contributed by atoms with Crippen molar-refractivity contribution in [1.82, 2.24) is 0 Å². The van der Waals surface area contributed by atoms with Crippen LogP contribution in [0.1, 0.15) is 20.7 Å². The minimum atomic E-state index is -1.10. The van der Waals surface area contributed by atoms with Crippen LogP contribution in [0.4, 0.5) is 17.1 Å². The fourth-order valence-electron chi connectivity index (χ4n) is 2.88. The molecule has 10 heteroatoms. The van der Waals surface area contributed by atoms with E-state index >= 15 is 0 Å². The van der Waals surface area contributed by atoms with Gasteiger partial charge in [-0.15, -0.1) is 0 Å². The van der Waals surface area contributed by atoms with Crippen molar-refractivity contribution in [3.05, 3.63) is 76.8 Å². The van der Waals surface area contributed by atoms with E-state index in [4.69, 9.17) is 38.4 Å². The summed E-state index contributed by atoms with van der Waals surface area (Å²) in [6.45, 7) is 0. The normalized spacial score (nSPS) is 10.2. The number of anilines is 3. The average molecular weight is 486 g/mol. The predicted octanol–water partition coefficient (Wildman–Crippen LogP) is 5.12. The standard InChI is InChI=1S/C23H20ClN3O5S/c1-31-19-12-20(32-2)18(11-17(19)24)27-23(33)26-16-8-6-15(7-9-16)25-21(28)13-4-3-5-14(10-13)22(29)30/h3-12H,1-2H3,(H,25,28)(H,29,30)(H2,26,27,33). The Kier molecular flexibility index (Phi) is 7.70. The third-order valence-electron chi connectivity index (χ3n) is 4.49. The molecule has 0 saturated carbocycles. The molecule has 0 aliphatic rings. The van der Waals surface area contributed by atoms with Gasteiger partial charge in [0.05, 0.1) is 30.5 Å². The van der Waals surface area contributed by atoms with Crippen molar-refractivity contribution in [3.8, 4) is 11.5 Å². The van der Waals surface area contributed by atoms with E-state index in [1.54, 1.807) is 42.5 Å². The Hall–Kier alpha value is -3.82. The van der Waals surface area contributed by atoms with E-state index in [-0.39, 0.29) is 11.1 Å². The topological polar surface area (TPSA) is 109 Å². The van der Waals surface area contributed by atoms with Crippen molar-refractivity contribution in [2.75, 3.05) is 30.2 Å². The molecular weight excluding hydrogens is 466 g/mol. The van der Waals surface area contributed by atoms with Gasteiger partial charge in [-0.2, -0.15) is 0 Å². The van der Waals surface area contributed by atoms with Gasteiger partial charge in [-0.05, 0) is 60.7 Å². The Labute approximate surface area is 200 Å². The number of nitrogens with one attached hydrogen (secondary N) is 3. The summed E-state index contributed by atoms with van der Waals surface area (Å²) in [5, 5.41) is 18.6. The molecule has 0 unspecified atom stereocenters. The van der Waals surface area contributed by atoms with Gasteiger partial charge < -0.3 is 30.5 Å². The molecule has 1 amide bonds. The number of carbonyl (C=O) groups excluding carboxylic acids is 1. The van der Waals surface area contributed by atoms with Crippen LogP contribution in [0.2, 0.25) is 5.02 Å². The average Bonchev–Trinajstić information content (AvgIpc) is 2.80. The smallest absolute Gasteiger partial charge is 0.335 e. The molecule has 0 aromatic heterocycles. The number of amides is 1. The predicted molar refractivity (Wildman–Crippen MR) is 132 cm³/mol. The van der Waals surface area contributed by atoms with Crippen molar-refractivity contribution < 1.29 is 24.2 Å². The molecule has 3 aromatic rings. The number of hydrogen-bond acceptors (Lipinski definition) is 5. The highest BCUT2D eigenvalue weighted by Crippen LogP contribution is 2.36. The zero-order valence-corrected chi connectivity index (χ0v) is 19.2. The summed E-state index contributed by atoms with van der Waals surface area (Å²) < 4.78 is 10.5. The highest BCUT2D eigenvalue weighted by molar-refractivity contribution is 7.80. The molecular formula is C23H20ClN3O5S. The van der Waals surface area contributed by atoms with Crippen LogP contribution in [0.15, 0.2) is 60.7 Å². The zero-order chi connectivity index (χ0) is 24.0. The first-order valence-electron chi connectivity index (χ1n) is 9.55. The first-order chi connectivity index (χ1) is 15.8. The van der Waals surface area contributed by atoms with E-state index in [9.17, 15) is 9.59 Å². The summed E-state index contributed by atoms with van der Waals surface area (Å²) in [5.74, 6) is -0.533. The van der Waals surface area contributed by atoms with Gasteiger partial charge in [0.25, 0.3) is 5.91 Å². The second-order valence-electron chi connectivity index (χ2n) is 6.68. The van der Waals surface area contributed by atoms with Gasteiger partial charge >= 0.3 is 5.97 Å². The molecule has 0 atom stereocenters. The van der Waals surface area contributed by atoms with Gasteiger partial charge in [0.1, 0.15) is 11.5 Å². The Balaban J connectivity index is 1.63. The molecule has 170 valence electrons. The minimum absolute atomic E-state index is 0.0398. The van der Waals surface area contributed by atoms with Crippen molar-refractivity contribution in [1.29, 1.82) is 0 Å². The molecule has 0 radical (unpaired) electrons. The van der Waals surface area contributed by atoms with E-state index in [1.807, 2.05) is 0 Å². The summed E-state index contributed by atoms with van der Waals surface area (Å²) in [6, 6.07) is 15.9. The summed E-state index contributed by atoms with van der Waals surface area (Å²) in [6.07, 6.45) is 0. The van der Waals surface area contributed by atoms with Crippen LogP contribution in [-0.4, -0.2) is 36.3 Å². The van der Waals surface area contributed by atoms with E-state index in [1.165, 1.54) is 32.4 Å². The summed E-state index contributed by atoms with van der Waals surface area (Å²) in [5.41, 5.74) is 2.06. The summed E-state index contributed by atoms with van der Waals surface area (Å²) >= 11 is 11.5. The van der Waals surface area contributed by atoms with Gasteiger partial charge in [0.2, 0.25) is 0 Å². The lowest BCUT2D eigenvalue weighted by Gasteiger charge is -2.15. The number of rotatable bonds is 7. The molecule has 0 spiro atoms. The van der Waals surface area contributed by atoms with Crippen LogP contribution in [0.25, 0.3) is 0 Å². The highest BCUT2D eigenvalue weighted by Gasteiger charge is 2.12. The van der Waals surface area contributed by atoms with Gasteiger partial charge in [0.15, 0.2) is 5.11 Å². The number of carboxylic acids is 1. The number of ether oxygens (including phenoxy) is 2. The largest absolute Gasteiger partial charge is 0.495 e. The van der Waals surface area contributed by atoms with Crippen LogP contribution >= 0.6 is 23.8 Å². The van der Waals surface area contributed by atoms with Gasteiger partial charge in [0, 0.05) is 23.0 Å². The third kappa shape index (κ3) is 6.12. The number of carbonyl (C=O) groups is 2. The van der Waals surface area contributed by atoms with Crippen LogP contribution in [-0.2, 0) is 0 Å². The van der Waals surface area contributed by atoms with Crippen LogP contribution in [0, 0.1) is 0 Å². The Bertz CT molecular complexity index is 1200. The molecule has 0 aliphatic carbocycles. The summed E-state index contributed by atoms with van der Waals surface area (Å²) in [7, 11) is 3.04. The van der Waals surface area contributed by atoms with Crippen molar-refractivity contribution >= 4 is 57.9 Å². The summed E-state index contributed by atoms with van der Waals surface area (Å²) in [4.78, 5) is 23.5. The van der Waals surface area contributed by atoms with Crippen LogP contribution < -0.4 is 25.4 Å². The molecule has 0 bridgehead atoms. The molecule has 3 rings (SSSR count). The number of methoxy groups -OCH3 is 2. The quantitative estimate of drug-likeness (QED) is 0.341. The van der Waals surface area contributed by atoms with Crippen LogP contribution in [0.5, 0.6) is 11.5 Å². The maximum absolute atomic E-state index is 12.4. The van der Waals surface area contributed by atoms with Crippen LogP contribution in [0.3, 0.4) is 0 Å². The first kappa shape index (κ1) is 23.8. The van der Waals surface area contributed by atoms with E-state index in [0.29, 0.717) is 38.7 Å². The lowest BCUT2D eigenvalue weighted by molar-refractivity contribution is 0.0697. The fourth-order valence-corrected chi connectivity index (χ4v) is 3.34. The highest BCUT2D eigenvalue weighted by atomic mass is 35.5. The monoisotopic (exact) mass is 485 g/mol. The Morgan fingerprint density at radius 2 is 1.45 bits per heavy atom.